The Morgan fingerprint density at radius 1 is 0.704 bits per heavy atom. The summed E-state index contributed by atoms with van der Waals surface area (Å²) in [4.78, 5) is 18.4. The highest BCUT2D eigenvalue weighted by Crippen LogP contribution is 2.15. The van der Waals surface area contributed by atoms with E-state index in [0.717, 1.165) is 50.7 Å². The Balaban J connectivity index is 1.32. The molecular weight excluding hydrogens is 334 g/mol. The quantitative estimate of drug-likeness (QED) is 0.700. The Hall–Kier alpha value is -2.63. The van der Waals surface area contributed by atoms with Crippen LogP contribution in [0, 0.1) is 0 Å². The Labute approximate surface area is 160 Å². The molecule has 1 aromatic carbocycles. The van der Waals surface area contributed by atoms with E-state index in [1.807, 2.05) is 61.2 Å². The lowest BCUT2D eigenvalue weighted by Gasteiger charge is -2.21. The van der Waals surface area contributed by atoms with Crippen LogP contribution >= 0.6 is 0 Å². The zero-order valence-electron chi connectivity index (χ0n) is 15.5. The predicted molar refractivity (Wildman–Crippen MR) is 107 cm³/mol. The van der Waals surface area contributed by atoms with Crippen molar-refractivity contribution < 1.29 is 0 Å². The van der Waals surface area contributed by atoms with E-state index in [1.165, 1.54) is 17.5 Å². The minimum absolute atomic E-state index is 0.790. The average Bonchev–Trinajstić information content (AvgIpc) is 2.95. The van der Waals surface area contributed by atoms with E-state index in [4.69, 9.17) is 0 Å². The largest absolute Gasteiger partial charge is 0.298 e. The molecule has 0 atom stereocenters. The van der Waals surface area contributed by atoms with Crippen molar-refractivity contribution in [1.29, 1.82) is 0 Å². The average molecular weight is 359 g/mol. The third kappa shape index (κ3) is 4.96. The number of rotatable bonds is 5. The van der Waals surface area contributed by atoms with Crippen molar-refractivity contribution in [3.8, 4) is 11.4 Å². The number of aromatic nitrogens is 3. The molecule has 0 aliphatic carbocycles. The lowest BCUT2D eigenvalue weighted by molar-refractivity contribution is 0.246. The third-order valence-corrected chi connectivity index (χ3v) is 4.95. The molecule has 0 saturated carbocycles. The first-order chi connectivity index (χ1) is 13.4. The van der Waals surface area contributed by atoms with Crippen LogP contribution in [-0.2, 0) is 13.1 Å². The fourth-order valence-electron chi connectivity index (χ4n) is 3.52. The third-order valence-electron chi connectivity index (χ3n) is 4.95. The topological polar surface area (TPSA) is 45.2 Å². The van der Waals surface area contributed by atoms with Crippen LogP contribution in [0.4, 0.5) is 0 Å². The van der Waals surface area contributed by atoms with E-state index in [9.17, 15) is 0 Å². The Bertz CT molecular complexity index is 820. The molecule has 0 N–H and O–H groups in total. The van der Waals surface area contributed by atoms with Crippen LogP contribution in [-0.4, -0.2) is 50.9 Å². The SMILES string of the molecule is c1ccc(-c2ncc(CN3CCCN(Cc4cccnc4)CC3)cn2)cc1. The molecule has 2 aromatic heterocycles. The normalized spacial score (nSPS) is 16.1. The van der Waals surface area contributed by atoms with Crippen molar-refractivity contribution >= 4 is 0 Å². The zero-order valence-corrected chi connectivity index (χ0v) is 15.5. The van der Waals surface area contributed by atoms with Gasteiger partial charge in [0.05, 0.1) is 0 Å². The molecule has 5 heteroatoms. The van der Waals surface area contributed by atoms with Gasteiger partial charge in [-0.1, -0.05) is 36.4 Å². The molecule has 3 heterocycles. The van der Waals surface area contributed by atoms with E-state index >= 15 is 0 Å². The molecule has 27 heavy (non-hydrogen) atoms. The van der Waals surface area contributed by atoms with Crippen molar-refractivity contribution in [3.63, 3.8) is 0 Å². The Morgan fingerprint density at radius 3 is 2.07 bits per heavy atom. The van der Waals surface area contributed by atoms with Crippen LogP contribution in [0.1, 0.15) is 17.5 Å². The molecule has 0 bridgehead atoms. The van der Waals surface area contributed by atoms with E-state index < -0.39 is 0 Å². The van der Waals surface area contributed by atoms with Crippen molar-refractivity contribution in [2.75, 3.05) is 26.2 Å². The molecule has 138 valence electrons. The van der Waals surface area contributed by atoms with Gasteiger partial charge in [-0.3, -0.25) is 14.8 Å². The first-order valence-electron chi connectivity index (χ1n) is 9.57. The molecule has 1 aliphatic heterocycles. The number of nitrogens with zero attached hydrogens (tertiary/aromatic N) is 5. The van der Waals surface area contributed by atoms with Gasteiger partial charge in [0, 0.05) is 62.1 Å². The van der Waals surface area contributed by atoms with Gasteiger partial charge in [0.25, 0.3) is 0 Å². The first kappa shape index (κ1) is 17.8. The Kier molecular flexibility index (Phi) is 5.82. The molecule has 1 fully saturated rings. The van der Waals surface area contributed by atoms with Crippen LogP contribution in [0.5, 0.6) is 0 Å². The summed E-state index contributed by atoms with van der Waals surface area (Å²) >= 11 is 0. The summed E-state index contributed by atoms with van der Waals surface area (Å²) in [6, 6.07) is 14.3. The maximum absolute atomic E-state index is 4.55. The highest BCUT2D eigenvalue weighted by atomic mass is 15.2. The van der Waals surface area contributed by atoms with Gasteiger partial charge >= 0.3 is 0 Å². The van der Waals surface area contributed by atoms with Crippen molar-refractivity contribution in [2.24, 2.45) is 0 Å². The monoisotopic (exact) mass is 359 g/mol. The number of pyridine rings is 1. The highest BCUT2D eigenvalue weighted by Gasteiger charge is 2.15. The van der Waals surface area contributed by atoms with Crippen molar-refractivity contribution in [2.45, 2.75) is 19.5 Å². The predicted octanol–water partition coefficient (Wildman–Crippen LogP) is 3.25. The van der Waals surface area contributed by atoms with Gasteiger partial charge in [-0.2, -0.15) is 0 Å². The molecule has 3 aromatic rings. The Morgan fingerprint density at radius 2 is 1.41 bits per heavy atom. The standard InChI is InChI=1S/C22H25N5/c1-2-7-21(8-3-1)22-24-15-20(16-25-22)18-27-11-5-10-26(12-13-27)17-19-6-4-9-23-14-19/h1-4,6-9,14-16H,5,10-13,17-18H2. The van der Waals surface area contributed by atoms with Crippen molar-refractivity contribution in [1.82, 2.24) is 24.8 Å². The van der Waals surface area contributed by atoms with Gasteiger partial charge in [-0.15, -0.1) is 0 Å². The maximum atomic E-state index is 4.55. The minimum atomic E-state index is 0.790. The van der Waals surface area contributed by atoms with Gasteiger partial charge in [-0.05, 0) is 31.1 Å². The van der Waals surface area contributed by atoms with E-state index in [1.54, 1.807) is 0 Å². The molecule has 0 radical (unpaired) electrons. The first-order valence-corrected chi connectivity index (χ1v) is 9.57. The lowest BCUT2D eigenvalue weighted by atomic mass is 10.2. The second kappa shape index (κ2) is 8.84. The molecule has 1 aliphatic rings. The summed E-state index contributed by atoms with van der Waals surface area (Å²) in [5.74, 6) is 0.790. The lowest BCUT2D eigenvalue weighted by Crippen LogP contribution is -2.30. The van der Waals surface area contributed by atoms with Crippen molar-refractivity contribution in [3.05, 3.63) is 78.4 Å². The number of benzene rings is 1. The molecule has 0 spiro atoms. The fraction of sp³-hybridized carbons (Fsp3) is 0.318. The minimum Gasteiger partial charge on any atom is -0.298 e. The van der Waals surface area contributed by atoms with Crippen LogP contribution < -0.4 is 0 Å². The fourth-order valence-corrected chi connectivity index (χ4v) is 3.52. The smallest absolute Gasteiger partial charge is 0.159 e. The van der Waals surface area contributed by atoms with E-state index in [-0.39, 0.29) is 0 Å². The second-order valence-electron chi connectivity index (χ2n) is 7.05. The summed E-state index contributed by atoms with van der Waals surface area (Å²) < 4.78 is 0. The summed E-state index contributed by atoms with van der Waals surface area (Å²) in [5.41, 5.74) is 3.52. The molecule has 1 saturated heterocycles. The summed E-state index contributed by atoms with van der Waals surface area (Å²) in [6.07, 6.45) is 8.91. The number of hydrogen-bond donors (Lipinski definition) is 0. The van der Waals surface area contributed by atoms with Gasteiger partial charge in [0.2, 0.25) is 0 Å². The number of hydrogen-bond acceptors (Lipinski definition) is 5. The van der Waals surface area contributed by atoms with E-state index in [2.05, 4.69) is 30.8 Å². The maximum Gasteiger partial charge on any atom is 0.159 e. The zero-order chi connectivity index (χ0) is 18.3. The summed E-state index contributed by atoms with van der Waals surface area (Å²) in [5, 5.41) is 0. The van der Waals surface area contributed by atoms with Crippen LogP contribution in [0.2, 0.25) is 0 Å². The molecule has 5 nitrogen and oxygen atoms in total. The van der Waals surface area contributed by atoms with Gasteiger partial charge < -0.3 is 0 Å². The summed E-state index contributed by atoms with van der Waals surface area (Å²) in [6.45, 7) is 6.30. The van der Waals surface area contributed by atoms with Gasteiger partial charge in [-0.25, -0.2) is 9.97 Å². The highest BCUT2D eigenvalue weighted by molar-refractivity contribution is 5.53. The second-order valence-corrected chi connectivity index (χ2v) is 7.05. The summed E-state index contributed by atoms with van der Waals surface area (Å²) in [7, 11) is 0. The van der Waals surface area contributed by atoms with E-state index in [0.29, 0.717) is 0 Å². The van der Waals surface area contributed by atoms with Crippen LogP contribution in [0.25, 0.3) is 11.4 Å². The van der Waals surface area contributed by atoms with Crippen LogP contribution in [0.3, 0.4) is 0 Å². The van der Waals surface area contributed by atoms with Crippen LogP contribution in [0.15, 0.2) is 67.3 Å². The molecule has 0 amide bonds. The molecule has 0 unspecified atom stereocenters. The molecule has 4 rings (SSSR count). The van der Waals surface area contributed by atoms with Gasteiger partial charge in [0.15, 0.2) is 5.82 Å². The molecular formula is C22H25N5. The van der Waals surface area contributed by atoms with Gasteiger partial charge in [0.1, 0.15) is 0 Å².